The average molecular weight is 196 g/mol. The molecule has 0 heterocycles. The van der Waals surface area contributed by atoms with E-state index in [1.54, 1.807) is 0 Å². The Kier molecular flexibility index (Phi) is 18.3. The maximum Gasteiger partial charge on any atom is 0.304 e. The van der Waals surface area contributed by atoms with Gasteiger partial charge in [0, 0.05) is 6.54 Å². The number of hydrogen-bond donors (Lipinski definition) is 3. The maximum absolute atomic E-state index is 9.88. The highest BCUT2D eigenvalue weighted by Gasteiger charge is 1.95. The van der Waals surface area contributed by atoms with Crippen LogP contribution in [0, 0.1) is 10.8 Å². The van der Waals surface area contributed by atoms with Gasteiger partial charge >= 0.3 is 5.97 Å². The molecule has 72 valence electrons. The van der Waals surface area contributed by atoms with E-state index < -0.39 is 5.97 Å². The van der Waals surface area contributed by atoms with E-state index in [1.165, 1.54) is 6.01 Å². The monoisotopic (exact) mass is 195 g/mol. The van der Waals surface area contributed by atoms with Gasteiger partial charge in [0.05, 0.1) is 12.4 Å². The van der Waals surface area contributed by atoms with Crippen molar-refractivity contribution >= 4 is 24.4 Å². The third kappa shape index (κ3) is 35.5. The van der Waals surface area contributed by atoms with E-state index in [-0.39, 0.29) is 18.8 Å². The Morgan fingerprint density at radius 2 is 1.83 bits per heavy atom. The normalized spacial score (nSPS) is 7.25. The Balaban J connectivity index is -0.000000177. The van der Waals surface area contributed by atoms with Gasteiger partial charge in [-0.1, -0.05) is 0 Å². The molecule has 0 saturated carbocycles. The molecule has 0 aromatic heterocycles. The highest BCUT2D eigenvalue weighted by atomic mass is 35.5. The maximum atomic E-state index is 9.88. The molecule has 0 rings (SSSR count). The molecule has 0 aliphatic heterocycles. The van der Waals surface area contributed by atoms with Crippen LogP contribution in [0.2, 0.25) is 0 Å². The molecule has 12 heavy (non-hydrogen) atoms. The lowest BCUT2D eigenvalue weighted by Gasteiger charge is -2.04. The largest absolute Gasteiger partial charge is 0.481 e. The number of carbonyl (C=O) groups is 1. The Morgan fingerprint density at radius 1 is 1.50 bits per heavy atom. The summed E-state index contributed by atoms with van der Waals surface area (Å²) in [6, 6.07) is 1.25. The second-order valence-electron chi connectivity index (χ2n) is 2.07. The van der Waals surface area contributed by atoms with Gasteiger partial charge in [-0.25, -0.2) is 10.8 Å². The van der Waals surface area contributed by atoms with Crippen molar-refractivity contribution in [3.8, 4) is 0 Å². The van der Waals surface area contributed by atoms with Gasteiger partial charge < -0.3 is 10.0 Å². The van der Waals surface area contributed by atoms with Crippen molar-refractivity contribution in [3.05, 3.63) is 0 Å². The predicted octanol–water partition coefficient (Wildman–Crippen LogP) is 0.762. The van der Waals surface area contributed by atoms with Gasteiger partial charge in [0.25, 0.3) is 0 Å². The number of nitrogens with zero attached hydrogens (tertiary/aromatic N) is 1. The zero-order chi connectivity index (χ0) is 9.28. The van der Waals surface area contributed by atoms with Crippen molar-refractivity contribution in [2.75, 3.05) is 20.6 Å². The van der Waals surface area contributed by atoms with E-state index in [4.69, 9.17) is 15.9 Å². The Hall–Kier alpha value is -0.900. The summed E-state index contributed by atoms with van der Waals surface area (Å²) in [5, 5.41) is 19.4. The fourth-order valence-electron chi connectivity index (χ4n) is 0.319. The third-order valence-corrected chi connectivity index (χ3v) is 0.773. The summed E-state index contributed by atoms with van der Waals surface area (Å²) in [6.07, 6.45) is 0.229. The minimum absolute atomic E-state index is 0. The summed E-state index contributed by atoms with van der Waals surface area (Å²) in [4.78, 5) is 11.7. The lowest BCUT2D eigenvalue weighted by molar-refractivity contribution is -0.137. The third-order valence-electron chi connectivity index (χ3n) is 0.773. The van der Waals surface area contributed by atoms with Crippen LogP contribution in [0.25, 0.3) is 0 Å². The van der Waals surface area contributed by atoms with Gasteiger partial charge in [-0.15, -0.1) is 12.4 Å². The molecular weight excluding hydrogens is 182 g/mol. The van der Waals surface area contributed by atoms with Gasteiger partial charge in [0.2, 0.25) is 0 Å². The van der Waals surface area contributed by atoms with E-state index >= 15 is 0 Å². The molecule has 0 saturated heterocycles. The van der Waals surface area contributed by atoms with Crippen LogP contribution in [0.4, 0.5) is 0 Å². The van der Waals surface area contributed by atoms with Gasteiger partial charge in [0.1, 0.15) is 0 Å². The minimum atomic E-state index is -0.737. The molecule has 0 aliphatic carbocycles. The Morgan fingerprint density at radius 3 is 1.92 bits per heavy atom. The van der Waals surface area contributed by atoms with E-state index in [9.17, 15) is 4.79 Å². The smallest absolute Gasteiger partial charge is 0.304 e. The fourth-order valence-corrected chi connectivity index (χ4v) is 0.319. The van der Waals surface area contributed by atoms with Crippen molar-refractivity contribution in [2.24, 2.45) is 0 Å². The molecule has 0 aromatic carbocycles. The second-order valence-corrected chi connectivity index (χ2v) is 2.07. The van der Waals surface area contributed by atoms with Crippen molar-refractivity contribution in [1.82, 2.24) is 4.90 Å². The number of carboxylic acid groups (broad SMARTS) is 1. The van der Waals surface area contributed by atoms with Crippen LogP contribution in [0.5, 0.6) is 0 Å². The standard InChI is InChI=1S/C5H11NO2.CH2N2.ClH/c1-6(2)4-3-5(7)8;2-1-3;/h3-4H2,1-2H3,(H,7,8);2-3H;1H. The zero-order valence-corrected chi connectivity index (χ0v) is 7.94. The van der Waals surface area contributed by atoms with E-state index in [0.717, 1.165) is 0 Å². The van der Waals surface area contributed by atoms with Crippen molar-refractivity contribution in [3.63, 3.8) is 0 Å². The minimum Gasteiger partial charge on any atom is -0.481 e. The number of carboxylic acids is 1. The molecule has 0 radical (unpaired) electrons. The first-order valence-corrected chi connectivity index (χ1v) is 2.99. The van der Waals surface area contributed by atoms with Crippen LogP contribution in [0.15, 0.2) is 0 Å². The summed E-state index contributed by atoms with van der Waals surface area (Å²) < 4.78 is 0. The zero-order valence-electron chi connectivity index (χ0n) is 7.13. The van der Waals surface area contributed by atoms with E-state index in [0.29, 0.717) is 6.54 Å². The number of halogens is 1. The summed E-state index contributed by atoms with van der Waals surface area (Å²) in [6.45, 7) is 0.620. The highest BCUT2D eigenvalue weighted by molar-refractivity contribution is 5.85. The Labute approximate surface area is 77.8 Å². The first-order valence-electron chi connectivity index (χ1n) is 2.99. The van der Waals surface area contributed by atoms with Crippen molar-refractivity contribution in [2.45, 2.75) is 6.42 Å². The van der Waals surface area contributed by atoms with Gasteiger partial charge in [-0.05, 0) is 14.1 Å². The highest BCUT2D eigenvalue weighted by Crippen LogP contribution is 1.80. The van der Waals surface area contributed by atoms with Gasteiger partial charge in [-0.3, -0.25) is 4.79 Å². The number of nitrogens with one attached hydrogen (secondary N) is 2. The molecule has 0 aromatic rings. The first-order chi connectivity index (χ1) is 5.04. The Bertz CT molecular complexity index is 144. The summed E-state index contributed by atoms with van der Waals surface area (Å²) >= 11 is 0. The summed E-state index contributed by atoms with van der Waals surface area (Å²) in [5.41, 5.74) is 0. The molecule has 0 unspecified atom stereocenters. The fraction of sp³-hybridized carbons (Fsp3) is 0.667. The molecular formula is C6H14ClN3O2. The van der Waals surface area contributed by atoms with Crippen molar-refractivity contribution in [1.29, 1.82) is 10.8 Å². The second kappa shape index (κ2) is 12.7. The number of hydrogen-bond acceptors (Lipinski definition) is 4. The van der Waals surface area contributed by atoms with E-state index in [1.807, 2.05) is 19.0 Å². The van der Waals surface area contributed by atoms with Crippen molar-refractivity contribution < 1.29 is 9.90 Å². The molecule has 5 nitrogen and oxygen atoms in total. The number of rotatable bonds is 3. The summed E-state index contributed by atoms with van der Waals surface area (Å²) in [7, 11) is 3.70. The quantitative estimate of drug-likeness (QED) is 0.581. The van der Waals surface area contributed by atoms with Crippen LogP contribution in [-0.2, 0) is 4.79 Å². The molecule has 0 amide bonds. The molecule has 0 fully saturated rings. The first kappa shape index (κ1) is 17.3. The van der Waals surface area contributed by atoms with Crippen LogP contribution >= 0.6 is 12.4 Å². The number of aliphatic carboxylic acids is 1. The molecule has 6 heteroatoms. The predicted molar refractivity (Wildman–Crippen MR) is 48.5 cm³/mol. The molecule has 3 N–H and O–H groups in total. The molecule has 0 spiro atoms. The van der Waals surface area contributed by atoms with E-state index in [2.05, 4.69) is 0 Å². The summed E-state index contributed by atoms with van der Waals surface area (Å²) in [5.74, 6) is -0.737. The van der Waals surface area contributed by atoms with Crippen LogP contribution in [0.1, 0.15) is 6.42 Å². The molecule has 0 aliphatic rings. The topological polar surface area (TPSA) is 88.2 Å². The van der Waals surface area contributed by atoms with Crippen LogP contribution in [0.3, 0.4) is 0 Å². The molecule has 0 bridgehead atoms. The lowest BCUT2D eigenvalue weighted by Crippen LogP contribution is -2.15. The van der Waals surface area contributed by atoms with Gasteiger partial charge in [0.15, 0.2) is 0 Å². The SMILES string of the molecule is CN(C)CCC(=O)O.Cl.N=C=N. The van der Waals surface area contributed by atoms with Gasteiger partial charge in [-0.2, -0.15) is 0 Å². The van der Waals surface area contributed by atoms with Crippen LogP contribution in [-0.4, -0.2) is 42.6 Å². The van der Waals surface area contributed by atoms with Crippen LogP contribution < -0.4 is 0 Å². The lowest BCUT2D eigenvalue weighted by atomic mass is 10.4. The average Bonchev–Trinajstić information content (AvgIpc) is 1.85. The molecule has 0 atom stereocenters.